The number of halogens is 1. The molecule has 0 aliphatic carbocycles. The molecule has 1 aliphatic heterocycles. The van der Waals surface area contributed by atoms with E-state index in [0.717, 1.165) is 39.3 Å². The van der Waals surface area contributed by atoms with Crippen LogP contribution < -0.4 is 20.7 Å². The number of aromatic amines is 1. The third-order valence-electron chi connectivity index (χ3n) is 6.10. The normalized spacial score (nSPS) is 13.7. The minimum absolute atomic E-state index is 0.227. The Morgan fingerprint density at radius 3 is 2.41 bits per heavy atom. The number of nitrogens with zero attached hydrogens (tertiary/aromatic N) is 3. The molecule has 0 radical (unpaired) electrons. The molecule has 0 saturated carbocycles. The number of carbonyl (C=O) groups is 2. The highest BCUT2D eigenvalue weighted by atomic mass is 19.1. The molecule has 5 rings (SSSR count). The number of aromatic nitrogens is 3. The van der Waals surface area contributed by atoms with E-state index in [9.17, 15) is 14.0 Å². The van der Waals surface area contributed by atoms with Gasteiger partial charge in [-0.3, -0.25) is 9.69 Å². The molecule has 0 bridgehead atoms. The Morgan fingerprint density at radius 1 is 1.00 bits per heavy atom. The van der Waals surface area contributed by atoms with E-state index < -0.39 is 6.03 Å². The summed E-state index contributed by atoms with van der Waals surface area (Å²) in [5.41, 5.74) is 1.85. The molecule has 11 nitrogen and oxygen atoms in total. The Labute approximate surface area is 223 Å². The van der Waals surface area contributed by atoms with Gasteiger partial charge in [0.15, 0.2) is 0 Å². The van der Waals surface area contributed by atoms with Crippen LogP contribution in [0.2, 0.25) is 0 Å². The van der Waals surface area contributed by atoms with Gasteiger partial charge >= 0.3 is 6.03 Å². The van der Waals surface area contributed by atoms with Crippen LogP contribution in [-0.2, 0) is 4.74 Å². The van der Waals surface area contributed by atoms with E-state index in [4.69, 9.17) is 9.47 Å². The highest BCUT2D eigenvalue weighted by Gasteiger charge is 2.15. The predicted molar refractivity (Wildman–Crippen MR) is 144 cm³/mol. The summed E-state index contributed by atoms with van der Waals surface area (Å²) in [5.74, 6) is 0.161. The third kappa shape index (κ3) is 7.06. The van der Waals surface area contributed by atoms with E-state index in [0.29, 0.717) is 40.4 Å². The van der Waals surface area contributed by atoms with E-state index in [-0.39, 0.29) is 17.6 Å². The summed E-state index contributed by atoms with van der Waals surface area (Å²) in [7, 11) is 0. The van der Waals surface area contributed by atoms with Crippen LogP contribution in [0.3, 0.4) is 0 Å². The second-order valence-electron chi connectivity index (χ2n) is 8.90. The van der Waals surface area contributed by atoms with Crippen molar-refractivity contribution in [3.05, 3.63) is 72.4 Å². The number of rotatable bonds is 9. The molecule has 2 aromatic heterocycles. The van der Waals surface area contributed by atoms with Gasteiger partial charge in [0, 0.05) is 31.0 Å². The smallest absolute Gasteiger partial charge is 0.323 e. The van der Waals surface area contributed by atoms with Crippen molar-refractivity contribution in [3.8, 4) is 11.6 Å². The average molecular weight is 534 g/mol. The number of amides is 3. The van der Waals surface area contributed by atoms with Crippen LogP contribution in [0.4, 0.5) is 20.6 Å². The maximum atomic E-state index is 13.0. The molecule has 202 valence electrons. The number of benzene rings is 2. The van der Waals surface area contributed by atoms with Crippen molar-refractivity contribution >= 4 is 34.3 Å². The van der Waals surface area contributed by atoms with Crippen molar-refractivity contribution in [2.24, 2.45) is 0 Å². The summed E-state index contributed by atoms with van der Waals surface area (Å²) in [4.78, 5) is 38.6. The average Bonchev–Trinajstić information content (AvgIpc) is 3.40. The maximum absolute atomic E-state index is 13.0. The highest BCUT2D eigenvalue weighted by Crippen LogP contribution is 2.28. The van der Waals surface area contributed by atoms with Crippen LogP contribution in [0.1, 0.15) is 16.9 Å². The van der Waals surface area contributed by atoms with Crippen molar-refractivity contribution in [2.75, 3.05) is 50.0 Å². The second-order valence-corrected chi connectivity index (χ2v) is 8.90. The van der Waals surface area contributed by atoms with Gasteiger partial charge in [-0.1, -0.05) is 0 Å². The van der Waals surface area contributed by atoms with E-state index in [1.165, 1.54) is 30.6 Å². The highest BCUT2D eigenvalue weighted by molar-refractivity contribution is 6.00. The Kier molecular flexibility index (Phi) is 8.24. The minimum Gasteiger partial charge on any atom is -0.438 e. The van der Waals surface area contributed by atoms with Gasteiger partial charge in [-0.2, -0.15) is 0 Å². The number of morpholine rings is 1. The van der Waals surface area contributed by atoms with Gasteiger partial charge in [-0.25, -0.2) is 19.2 Å². The molecule has 4 aromatic rings. The number of ether oxygens (including phenoxy) is 2. The summed E-state index contributed by atoms with van der Waals surface area (Å²) in [5, 5.41) is 8.83. The largest absolute Gasteiger partial charge is 0.438 e. The van der Waals surface area contributed by atoms with Gasteiger partial charge in [0.05, 0.1) is 18.6 Å². The van der Waals surface area contributed by atoms with Crippen molar-refractivity contribution in [3.63, 3.8) is 0 Å². The lowest BCUT2D eigenvalue weighted by Crippen LogP contribution is -2.38. The first-order valence-electron chi connectivity index (χ1n) is 12.6. The molecular formula is C27H28FN7O4. The lowest BCUT2D eigenvalue weighted by molar-refractivity contribution is 0.0374. The lowest BCUT2D eigenvalue weighted by atomic mass is 10.3. The topological polar surface area (TPSA) is 134 Å². The van der Waals surface area contributed by atoms with Crippen LogP contribution in [0.15, 0.2) is 60.9 Å². The van der Waals surface area contributed by atoms with Crippen LogP contribution in [0, 0.1) is 5.82 Å². The van der Waals surface area contributed by atoms with Gasteiger partial charge in [-0.05, 0) is 67.6 Å². The zero-order valence-electron chi connectivity index (χ0n) is 21.1. The van der Waals surface area contributed by atoms with E-state index in [1.54, 1.807) is 30.3 Å². The summed E-state index contributed by atoms with van der Waals surface area (Å²) >= 11 is 0. The Hall–Kier alpha value is -4.55. The van der Waals surface area contributed by atoms with Crippen LogP contribution in [-0.4, -0.2) is 71.2 Å². The molecule has 39 heavy (non-hydrogen) atoms. The molecular weight excluding hydrogens is 505 g/mol. The first-order valence-corrected chi connectivity index (χ1v) is 12.6. The van der Waals surface area contributed by atoms with Crippen molar-refractivity contribution in [2.45, 2.75) is 6.42 Å². The van der Waals surface area contributed by atoms with Crippen molar-refractivity contribution in [1.82, 2.24) is 25.2 Å². The summed E-state index contributed by atoms with van der Waals surface area (Å²) in [6.07, 6.45) is 2.20. The number of hydrogen-bond acceptors (Lipinski definition) is 7. The molecule has 1 aliphatic rings. The fraction of sp³-hybridized carbons (Fsp3) is 0.259. The Bertz CT molecular complexity index is 1420. The van der Waals surface area contributed by atoms with E-state index in [1.807, 2.05) is 0 Å². The molecule has 2 aromatic carbocycles. The first-order chi connectivity index (χ1) is 19.0. The van der Waals surface area contributed by atoms with Gasteiger partial charge in [0.25, 0.3) is 5.91 Å². The maximum Gasteiger partial charge on any atom is 0.323 e. The number of hydrogen-bond donors (Lipinski definition) is 4. The number of nitrogens with one attached hydrogen (secondary N) is 4. The van der Waals surface area contributed by atoms with Crippen LogP contribution in [0.5, 0.6) is 11.6 Å². The zero-order chi connectivity index (χ0) is 27.0. The third-order valence-corrected chi connectivity index (χ3v) is 6.10. The fourth-order valence-electron chi connectivity index (χ4n) is 4.09. The number of H-pyrrole nitrogens is 1. The van der Waals surface area contributed by atoms with Crippen LogP contribution >= 0.6 is 0 Å². The SMILES string of the molecule is O=C(Nc1ccc(F)cc1)Nc1ccc(Oc2ncnc3[nH]c(C(=O)NCCCN4CCOCC4)cc23)cc1. The minimum atomic E-state index is -0.466. The van der Waals surface area contributed by atoms with Gasteiger partial charge in [-0.15, -0.1) is 0 Å². The Balaban J connectivity index is 1.15. The second kappa shape index (κ2) is 12.3. The number of fused-ring (bicyclic) bond motifs is 1. The Morgan fingerprint density at radius 2 is 1.69 bits per heavy atom. The zero-order valence-corrected chi connectivity index (χ0v) is 21.1. The standard InChI is InChI=1S/C27H28FN7O4/c28-18-2-4-19(5-3-18)32-27(37)33-20-6-8-21(9-7-20)39-26-22-16-23(34-24(22)30-17-31-26)25(36)29-10-1-11-35-12-14-38-15-13-35/h2-9,16-17H,1,10-15H2,(H,29,36)(H,30,31,34)(H2,32,33,37). The number of anilines is 2. The van der Waals surface area contributed by atoms with Crippen molar-refractivity contribution < 1.29 is 23.5 Å². The summed E-state index contributed by atoms with van der Waals surface area (Å²) < 4.78 is 24.3. The predicted octanol–water partition coefficient (Wildman–Crippen LogP) is 3.99. The van der Waals surface area contributed by atoms with Crippen LogP contribution in [0.25, 0.3) is 11.0 Å². The molecule has 0 atom stereocenters. The molecule has 12 heteroatoms. The molecule has 0 unspecified atom stereocenters. The number of carbonyl (C=O) groups excluding carboxylic acids is 2. The molecule has 1 saturated heterocycles. The molecule has 3 heterocycles. The molecule has 1 fully saturated rings. The molecule has 4 N–H and O–H groups in total. The van der Waals surface area contributed by atoms with Gasteiger partial charge in [0.1, 0.15) is 29.2 Å². The summed E-state index contributed by atoms with van der Waals surface area (Å²) in [6, 6.07) is 13.4. The lowest BCUT2D eigenvalue weighted by Gasteiger charge is -2.26. The van der Waals surface area contributed by atoms with E-state index in [2.05, 4.69) is 35.8 Å². The monoisotopic (exact) mass is 533 g/mol. The summed E-state index contributed by atoms with van der Waals surface area (Å²) in [6.45, 7) is 4.82. The van der Waals surface area contributed by atoms with Gasteiger partial charge in [0.2, 0.25) is 5.88 Å². The quantitative estimate of drug-likeness (QED) is 0.239. The van der Waals surface area contributed by atoms with Gasteiger partial charge < -0.3 is 30.4 Å². The first kappa shape index (κ1) is 26.1. The molecule has 3 amide bonds. The van der Waals surface area contributed by atoms with Crippen molar-refractivity contribution in [1.29, 1.82) is 0 Å². The van der Waals surface area contributed by atoms with E-state index >= 15 is 0 Å². The molecule has 0 spiro atoms. The number of urea groups is 1. The fourth-order valence-corrected chi connectivity index (χ4v) is 4.09.